The average Bonchev–Trinajstić information content (AvgIpc) is 3.26. The first kappa shape index (κ1) is 23.4. The number of thioether (sulfide) groups is 1. The Morgan fingerprint density at radius 3 is 2.47 bits per heavy atom. The van der Waals surface area contributed by atoms with E-state index in [1.165, 1.54) is 36.0 Å². The van der Waals surface area contributed by atoms with Crippen LogP contribution in [0.4, 0.5) is 14.5 Å². The number of nitrogens with zero attached hydrogens (tertiary/aromatic N) is 3. The molecule has 0 spiro atoms. The van der Waals surface area contributed by atoms with Gasteiger partial charge in [-0.05, 0) is 67.9 Å². The van der Waals surface area contributed by atoms with Crippen LogP contribution in [0.15, 0.2) is 78.0 Å². The van der Waals surface area contributed by atoms with Gasteiger partial charge in [-0.2, -0.15) is 0 Å². The Bertz CT molecular complexity index is 1280. The van der Waals surface area contributed by atoms with Crippen molar-refractivity contribution in [1.82, 2.24) is 14.8 Å². The molecule has 0 saturated carbocycles. The number of amides is 1. The molecule has 174 valence electrons. The molecule has 0 saturated heterocycles. The van der Waals surface area contributed by atoms with Crippen LogP contribution in [0.2, 0.25) is 0 Å². The normalized spacial score (nSPS) is 11.8. The standard InChI is InChI=1S/C25H22F2N4O2S/c1-16-8-9-19(27)14-22(16)28-23(32)15-34-25-30-29-24(31(25)20-6-4-3-5-7-20)17(2)33-21-12-10-18(26)11-13-21/h3-14,17H,15H2,1-2H3,(H,28,32). The second-order valence-electron chi connectivity index (χ2n) is 7.52. The Hall–Kier alpha value is -3.72. The molecule has 1 aromatic heterocycles. The van der Waals surface area contributed by atoms with E-state index in [1.54, 1.807) is 25.1 Å². The number of halogens is 2. The van der Waals surface area contributed by atoms with Crippen molar-refractivity contribution in [2.75, 3.05) is 11.1 Å². The van der Waals surface area contributed by atoms with E-state index in [2.05, 4.69) is 15.5 Å². The molecule has 0 bridgehead atoms. The van der Waals surface area contributed by atoms with Crippen LogP contribution in [0.5, 0.6) is 5.75 Å². The van der Waals surface area contributed by atoms with Crippen molar-refractivity contribution in [3.8, 4) is 11.4 Å². The van der Waals surface area contributed by atoms with Gasteiger partial charge in [0.05, 0.1) is 5.75 Å². The van der Waals surface area contributed by atoms with Gasteiger partial charge in [-0.25, -0.2) is 8.78 Å². The molecule has 9 heteroatoms. The number of aromatic nitrogens is 3. The number of anilines is 1. The predicted molar refractivity (Wildman–Crippen MR) is 127 cm³/mol. The molecule has 1 atom stereocenters. The van der Waals surface area contributed by atoms with Crippen LogP contribution in [0, 0.1) is 18.6 Å². The highest BCUT2D eigenvalue weighted by molar-refractivity contribution is 7.99. The fourth-order valence-electron chi connectivity index (χ4n) is 3.27. The van der Waals surface area contributed by atoms with E-state index in [0.29, 0.717) is 22.4 Å². The third-order valence-electron chi connectivity index (χ3n) is 4.97. The predicted octanol–water partition coefficient (Wildman–Crippen LogP) is 5.72. The van der Waals surface area contributed by atoms with E-state index in [1.807, 2.05) is 41.8 Å². The summed E-state index contributed by atoms with van der Waals surface area (Å²) in [4.78, 5) is 12.5. The van der Waals surface area contributed by atoms with Crippen LogP contribution in [-0.2, 0) is 4.79 Å². The Balaban J connectivity index is 1.54. The molecule has 0 aliphatic heterocycles. The molecule has 3 aromatic carbocycles. The van der Waals surface area contributed by atoms with Gasteiger partial charge in [-0.1, -0.05) is 36.0 Å². The van der Waals surface area contributed by atoms with Gasteiger partial charge in [0.1, 0.15) is 17.4 Å². The van der Waals surface area contributed by atoms with Crippen LogP contribution in [0.3, 0.4) is 0 Å². The Labute approximate surface area is 200 Å². The third kappa shape index (κ3) is 5.60. The largest absolute Gasteiger partial charge is 0.483 e. The number of rotatable bonds is 8. The highest BCUT2D eigenvalue weighted by atomic mass is 32.2. The van der Waals surface area contributed by atoms with Gasteiger partial charge in [0.25, 0.3) is 0 Å². The Kier molecular flexibility index (Phi) is 7.22. The number of nitrogens with one attached hydrogen (secondary N) is 1. The molecule has 4 rings (SSSR count). The minimum atomic E-state index is -0.503. The quantitative estimate of drug-likeness (QED) is 0.327. The molecule has 4 aromatic rings. The van der Waals surface area contributed by atoms with Crippen LogP contribution in [0.25, 0.3) is 5.69 Å². The summed E-state index contributed by atoms with van der Waals surface area (Å²) in [6.45, 7) is 3.61. The van der Waals surface area contributed by atoms with E-state index in [0.717, 1.165) is 11.3 Å². The first-order valence-electron chi connectivity index (χ1n) is 10.5. The number of hydrogen-bond donors (Lipinski definition) is 1. The van der Waals surface area contributed by atoms with Crippen LogP contribution < -0.4 is 10.1 Å². The van der Waals surface area contributed by atoms with Crippen molar-refractivity contribution in [3.63, 3.8) is 0 Å². The second kappa shape index (κ2) is 10.5. The summed E-state index contributed by atoms with van der Waals surface area (Å²) >= 11 is 1.20. The number of carbonyl (C=O) groups excluding carboxylic acids is 1. The number of benzene rings is 3. The minimum Gasteiger partial charge on any atom is -0.483 e. The topological polar surface area (TPSA) is 69.0 Å². The molecule has 1 amide bonds. The molecule has 0 radical (unpaired) electrons. The minimum absolute atomic E-state index is 0.0497. The summed E-state index contributed by atoms with van der Waals surface area (Å²) in [5, 5.41) is 11.8. The monoisotopic (exact) mass is 480 g/mol. The summed E-state index contributed by atoms with van der Waals surface area (Å²) in [7, 11) is 0. The van der Waals surface area contributed by atoms with Crippen molar-refractivity contribution in [2.24, 2.45) is 0 Å². The lowest BCUT2D eigenvalue weighted by Crippen LogP contribution is -2.16. The molecule has 0 fully saturated rings. The Morgan fingerprint density at radius 1 is 1.03 bits per heavy atom. The highest BCUT2D eigenvalue weighted by Crippen LogP contribution is 2.28. The molecule has 0 aliphatic carbocycles. The lowest BCUT2D eigenvalue weighted by Gasteiger charge is -2.16. The molecule has 6 nitrogen and oxygen atoms in total. The summed E-state index contributed by atoms with van der Waals surface area (Å²) < 4.78 is 34.5. The molecular weight excluding hydrogens is 458 g/mol. The summed E-state index contributed by atoms with van der Waals surface area (Å²) in [6, 6.07) is 19.5. The van der Waals surface area contributed by atoms with Gasteiger partial charge in [-0.3, -0.25) is 9.36 Å². The van der Waals surface area contributed by atoms with E-state index in [4.69, 9.17) is 4.74 Å². The third-order valence-corrected chi connectivity index (χ3v) is 5.90. The second-order valence-corrected chi connectivity index (χ2v) is 8.46. The average molecular weight is 481 g/mol. The number of para-hydroxylation sites is 1. The lowest BCUT2D eigenvalue weighted by atomic mass is 10.2. The number of hydrogen-bond acceptors (Lipinski definition) is 5. The van der Waals surface area contributed by atoms with E-state index in [9.17, 15) is 13.6 Å². The molecule has 1 N–H and O–H groups in total. The van der Waals surface area contributed by atoms with Crippen LogP contribution in [-0.4, -0.2) is 26.4 Å². The van der Waals surface area contributed by atoms with E-state index in [-0.39, 0.29) is 17.5 Å². The number of ether oxygens (including phenoxy) is 1. The molecule has 34 heavy (non-hydrogen) atoms. The van der Waals surface area contributed by atoms with Crippen molar-refractivity contribution < 1.29 is 18.3 Å². The maximum Gasteiger partial charge on any atom is 0.234 e. The Morgan fingerprint density at radius 2 is 1.74 bits per heavy atom. The van der Waals surface area contributed by atoms with Crippen LogP contribution in [0.1, 0.15) is 24.4 Å². The van der Waals surface area contributed by atoms with Gasteiger partial charge in [-0.15, -0.1) is 10.2 Å². The van der Waals surface area contributed by atoms with Crippen molar-refractivity contribution in [3.05, 3.63) is 95.8 Å². The number of aryl methyl sites for hydroxylation is 1. The van der Waals surface area contributed by atoms with Crippen LogP contribution >= 0.6 is 11.8 Å². The van der Waals surface area contributed by atoms with Crippen molar-refractivity contribution in [2.45, 2.75) is 25.1 Å². The maximum absolute atomic E-state index is 13.5. The van der Waals surface area contributed by atoms with Crippen molar-refractivity contribution >= 4 is 23.4 Å². The first-order chi connectivity index (χ1) is 16.4. The van der Waals surface area contributed by atoms with Gasteiger partial charge in [0.2, 0.25) is 5.91 Å². The van der Waals surface area contributed by atoms with Gasteiger partial charge in [0, 0.05) is 11.4 Å². The summed E-state index contributed by atoms with van der Waals surface area (Å²) in [6.07, 6.45) is -0.503. The summed E-state index contributed by atoms with van der Waals surface area (Å²) in [5.74, 6) is 0.0112. The van der Waals surface area contributed by atoms with Gasteiger partial charge >= 0.3 is 0 Å². The first-order valence-corrected chi connectivity index (χ1v) is 11.5. The van der Waals surface area contributed by atoms with Crippen molar-refractivity contribution in [1.29, 1.82) is 0 Å². The molecule has 1 heterocycles. The zero-order valence-corrected chi connectivity index (χ0v) is 19.4. The molecule has 1 unspecified atom stereocenters. The fraction of sp³-hybridized carbons (Fsp3) is 0.160. The highest BCUT2D eigenvalue weighted by Gasteiger charge is 2.22. The number of carbonyl (C=O) groups is 1. The SMILES string of the molecule is Cc1ccc(F)cc1NC(=O)CSc1nnc(C(C)Oc2ccc(F)cc2)n1-c1ccccc1. The van der Waals surface area contributed by atoms with E-state index < -0.39 is 11.9 Å². The fourth-order valence-corrected chi connectivity index (χ4v) is 4.03. The molecule has 0 aliphatic rings. The van der Waals surface area contributed by atoms with Gasteiger partial charge < -0.3 is 10.1 Å². The van der Waals surface area contributed by atoms with Gasteiger partial charge in [0.15, 0.2) is 17.1 Å². The maximum atomic E-state index is 13.5. The lowest BCUT2D eigenvalue weighted by molar-refractivity contribution is -0.113. The summed E-state index contributed by atoms with van der Waals surface area (Å²) in [5.41, 5.74) is 2.00. The smallest absolute Gasteiger partial charge is 0.234 e. The molecular formula is C25H22F2N4O2S. The van der Waals surface area contributed by atoms with E-state index >= 15 is 0 Å². The zero-order valence-electron chi connectivity index (χ0n) is 18.5. The zero-order chi connectivity index (χ0) is 24.1.